The molecule has 7 nitrogen and oxygen atoms in total. The van der Waals surface area contributed by atoms with E-state index in [1.807, 2.05) is 31.8 Å². The molecule has 2 N–H and O–H groups in total. The maximum absolute atomic E-state index is 11.5. The molecule has 1 aliphatic heterocycles. The molecule has 0 radical (unpaired) electrons. The molecule has 0 saturated carbocycles. The van der Waals surface area contributed by atoms with E-state index >= 15 is 0 Å². The lowest BCUT2D eigenvalue weighted by atomic mass is 10.0. The molecule has 24 heavy (non-hydrogen) atoms. The summed E-state index contributed by atoms with van der Waals surface area (Å²) in [6.45, 7) is 7.01. The number of nitrogens with one attached hydrogen (secondary N) is 2. The fraction of sp³-hybridized carbons (Fsp3) is 0.688. The van der Waals surface area contributed by atoms with Crippen molar-refractivity contribution in [3.63, 3.8) is 0 Å². The number of aromatic nitrogens is 2. The Kier molecular flexibility index (Phi) is 8.51. The molecule has 8 heteroatoms. The zero-order chi connectivity index (χ0) is 16.8. The molecule has 0 bridgehead atoms. The van der Waals surface area contributed by atoms with Gasteiger partial charge in [-0.1, -0.05) is 13.8 Å². The molecule has 1 atom stereocenters. The van der Waals surface area contributed by atoms with Crippen LogP contribution < -0.4 is 10.6 Å². The minimum Gasteiger partial charge on any atom is -0.354 e. The van der Waals surface area contributed by atoms with Crippen molar-refractivity contribution in [3.8, 4) is 0 Å². The van der Waals surface area contributed by atoms with Gasteiger partial charge in [-0.2, -0.15) is 5.10 Å². The largest absolute Gasteiger partial charge is 0.354 e. The number of aliphatic imine (C=N–C) groups is 1. The van der Waals surface area contributed by atoms with Gasteiger partial charge in [-0.3, -0.25) is 14.5 Å². The predicted molar refractivity (Wildman–Crippen MR) is 107 cm³/mol. The van der Waals surface area contributed by atoms with Crippen LogP contribution >= 0.6 is 24.0 Å². The first kappa shape index (κ1) is 20.7. The smallest absolute Gasteiger partial charge is 0.222 e. The van der Waals surface area contributed by atoms with Crippen molar-refractivity contribution in [3.05, 3.63) is 18.0 Å². The molecule has 2 rings (SSSR count). The second kappa shape index (κ2) is 9.85. The number of rotatable bonds is 5. The fourth-order valence-corrected chi connectivity index (χ4v) is 2.77. The number of amides is 1. The third-order valence-corrected chi connectivity index (χ3v) is 4.13. The Labute approximate surface area is 161 Å². The summed E-state index contributed by atoms with van der Waals surface area (Å²) in [4.78, 5) is 18.1. The lowest BCUT2D eigenvalue weighted by Crippen LogP contribution is -2.43. The SMILES string of the molecule is CN=C(NCCNC(=O)C(C)C)N1CCC(c2cnn(C)c2)C1.I. The van der Waals surface area contributed by atoms with E-state index in [0.29, 0.717) is 19.0 Å². The van der Waals surface area contributed by atoms with Crippen LogP contribution in [0.1, 0.15) is 31.7 Å². The van der Waals surface area contributed by atoms with Crippen LogP contribution in [0.5, 0.6) is 0 Å². The Balaban J connectivity index is 0.00000288. The normalized spacial score (nSPS) is 17.8. The molecule has 0 aromatic carbocycles. The van der Waals surface area contributed by atoms with Gasteiger partial charge in [0, 0.05) is 58.3 Å². The number of hydrogen-bond acceptors (Lipinski definition) is 3. The Hall–Kier alpha value is -1.32. The lowest BCUT2D eigenvalue weighted by molar-refractivity contribution is -0.123. The average molecular weight is 448 g/mol. The second-order valence-corrected chi connectivity index (χ2v) is 6.30. The highest BCUT2D eigenvalue weighted by Gasteiger charge is 2.26. The molecule has 1 fully saturated rings. The highest BCUT2D eigenvalue weighted by molar-refractivity contribution is 14.0. The number of aryl methyl sites for hydroxylation is 1. The average Bonchev–Trinajstić information content (AvgIpc) is 3.15. The number of guanidine groups is 1. The molecule has 136 valence electrons. The van der Waals surface area contributed by atoms with E-state index in [9.17, 15) is 4.79 Å². The summed E-state index contributed by atoms with van der Waals surface area (Å²) in [5.74, 6) is 1.51. The van der Waals surface area contributed by atoms with Crippen LogP contribution in [0.25, 0.3) is 0 Å². The quantitative estimate of drug-likeness (QED) is 0.307. The van der Waals surface area contributed by atoms with Crippen molar-refractivity contribution in [2.75, 3.05) is 33.2 Å². The van der Waals surface area contributed by atoms with Gasteiger partial charge in [0.05, 0.1) is 6.20 Å². The highest BCUT2D eigenvalue weighted by atomic mass is 127. The summed E-state index contributed by atoms with van der Waals surface area (Å²) >= 11 is 0. The molecule has 1 amide bonds. The maximum Gasteiger partial charge on any atom is 0.222 e. The van der Waals surface area contributed by atoms with Crippen LogP contribution in [-0.4, -0.2) is 59.8 Å². The summed E-state index contributed by atoms with van der Waals surface area (Å²) in [6.07, 6.45) is 5.15. The zero-order valence-corrected chi connectivity index (χ0v) is 17.3. The van der Waals surface area contributed by atoms with Gasteiger partial charge in [0.25, 0.3) is 0 Å². The summed E-state index contributed by atoms with van der Waals surface area (Å²) in [6, 6.07) is 0. The van der Waals surface area contributed by atoms with Crippen molar-refractivity contribution < 1.29 is 4.79 Å². The van der Waals surface area contributed by atoms with Crippen LogP contribution in [0.15, 0.2) is 17.4 Å². The van der Waals surface area contributed by atoms with Crippen molar-refractivity contribution in [1.29, 1.82) is 0 Å². The molecular formula is C16H29IN6O. The van der Waals surface area contributed by atoms with Gasteiger partial charge in [-0.25, -0.2) is 0 Å². The molecule has 1 aromatic rings. The van der Waals surface area contributed by atoms with E-state index in [1.165, 1.54) is 5.56 Å². The van der Waals surface area contributed by atoms with E-state index in [4.69, 9.17) is 0 Å². The van der Waals surface area contributed by atoms with Crippen LogP contribution in [0.2, 0.25) is 0 Å². The topological polar surface area (TPSA) is 74.6 Å². The fourth-order valence-electron chi connectivity index (χ4n) is 2.77. The minimum atomic E-state index is 0. The zero-order valence-electron chi connectivity index (χ0n) is 15.0. The van der Waals surface area contributed by atoms with Crippen molar-refractivity contribution in [1.82, 2.24) is 25.3 Å². The molecular weight excluding hydrogens is 419 g/mol. The van der Waals surface area contributed by atoms with Crippen molar-refractivity contribution >= 4 is 35.8 Å². The predicted octanol–water partition coefficient (Wildman–Crippen LogP) is 1.17. The third-order valence-electron chi connectivity index (χ3n) is 4.13. The molecule has 1 saturated heterocycles. The first-order valence-electron chi connectivity index (χ1n) is 8.23. The number of carbonyl (C=O) groups excluding carboxylic acids is 1. The van der Waals surface area contributed by atoms with Crippen LogP contribution in [0, 0.1) is 5.92 Å². The molecule has 1 unspecified atom stereocenters. The van der Waals surface area contributed by atoms with E-state index in [0.717, 1.165) is 25.5 Å². The second-order valence-electron chi connectivity index (χ2n) is 6.30. The van der Waals surface area contributed by atoms with Gasteiger partial charge >= 0.3 is 0 Å². The molecule has 2 heterocycles. The molecule has 0 aliphatic carbocycles. The molecule has 1 aromatic heterocycles. The summed E-state index contributed by atoms with van der Waals surface area (Å²) < 4.78 is 1.85. The van der Waals surface area contributed by atoms with Gasteiger partial charge in [0.1, 0.15) is 0 Å². The number of hydrogen-bond donors (Lipinski definition) is 2. The Bertz CT molecular complexity index is 557. The van der Waals surface area contributed by atoms with Crippen molar-refractivity contribution in [2.24, 2.45) is 18.0 Å². The number of halogens is 1. The van der Waals surface area contributed by atoms with E-state index in [-0.39, 0.29) is 35.8 Å². The summed E-state index contributed by atoms with van der Waals surface area (Å²) in [7, 11) is 3.74. The number of carbonyl (C=O) groups is 1. The van der Waals surface area contributed by atoms with Crippen LogP contribution in [-0.2, 0) is 11.8 Å². The standard InChI is InChI=1S/C16H28N6O.HI/c1-12(2)15(23)18-6-7-19-16(17-3)22-8-5-13(11-22)14-9-20-21(4)10-14;/h9-10,12-13H,5-8,11H2,1-4H3,(H,17,19)(H,18,23);1H. The van der Waals surface area contributed by atoms with E-state index in [1.54, 1.807) is 7.05 Å². The Morgan fingerprint density at radius 3 is 2.71 bits per heavy atom. The number of likely N-dealkylation sites (tertiary alicyclic amines) is 1. The highest BCUT2D eigenvalue weighted by Crippen LogP contribution is 2.26. The van der Waals surface area contributed by atoms with Gasteiger partial charge in [-0.05, 0) is 12.0 Å². The van der Waals surface area contributed by atoms with Crippen LogP contribution in [0.4, 0.5) is 0 Å². The molecule has 0 spiro atoms. The summed E-state index contributed by atoms with van der Waals surface area (Å²) in [5.41, 5.74) is 1.29. The van der Waals surface area contributed by atoms with Gasteiger partial charge < -0.3 is 15.5 Å². The van der Waals surface area contributed by atoms with E-state index < -0.39 is 0 Å². The van der Waals surface area contributed by atoms with Gasteiger partial charge in [-0.15, -0.1) is 24.0 Å². The minimum absolute atomic E-state index is 0. The van der Waals surface area contributed by atoms with Gasteiger partial charge in [0.2, 0.25) is 5.91 Å². The first-order valence-corrected chi connectivity index (χ1v) is 8.23. The van der Waals surface area contributed by atoms with E-state index in [2.05, 4.69) is 31.8 Å². The maximum atomic E-state index is 11.5. The van der Waals surface area contributed by atoms with Crippen LogP contribution in [0.3, 0.4) is 0 Å². The van der Waals surface area contributed by atoms with Gasteiger partial charge in [0.15, 0.2) is 5.96 Å². The number of nitrogens with zero attached hydrogens (tertiary/aromatic N) is 4. The summed E-state index contributed by atoms with van der Waals surface area (Å²) in [5, 5.41) is 10.5. The third kappa shape index (κ3) is 5.64. The van der Waals surface area contributed by atoms with Crippen molar-refractivity contribution in [2.45, 2.75) is 26.2 Å². The monoisotopic (exact) mass is 448 g/mol. The Morgan fingerprint density at radius 1 is 1.42 bits per heavy atom. The first-order chi connectivity index (χ1) is 11.0. The Morgan fingerprint density at radius 2 is 2.12 bits per heavy atom. The lowest BCUT2D eigenvalue weighted by Gasteiger charge is -2.21. The molecule has 1 aliphatic rings.